The summed E-state index contributed by atoms with van der Waals surface area (Å²) in [5.41, 5.74) is 8.10. The molecule has 5 heteroatoms. The van der Waals surface area contributed by atoms with Crippen LogP contribution in [0.5, 0.6) is 0 Å². The summed E-state index contributed by atoms with van der Waals surface area (Å²) in [6.07, 6.45) is 1.81. The first-order valence-corrected chi connectivity index (χ1v) is 7.54. The fourth-order valence-electron chi connectivity index (χ4n) is 1.80. The molecule has 0 saturated heterocycles. The highest BCUT2D eigenvalue weighted by atomic mass is 32.2. The predicted molar refractivity (Wildman–Crippen MR) is 81.6 cm³/mol. The Labute approximate surface area is 123 Å². The maximum absolute atomic E-state index is 10.1. The molecule has 0 spiro atoms. The normalized spacial score (nSPS) is 13.9. The lowest BCUT2D eigenvalue weighted by Gasteiger charge is -2.18. The number of nitrogens with two attached hydrogens (primary N) is 1. The number of benzene rings is 1. The van der Waals surface area contributed by atoms with E-state index in [1.54, 1.807) is 6.20 Å². The zero-order valence-electron chi connectivity index (χ0n) is 11.4. The van der Waals surface area contributed by atoms with Gasteiger partial charge in [0, 0.05) is 23.7 Å². The van der Waals surface area contributed by atoms with E-state index in [0.29, 0.717) is 17.3 Å². The van der Waals surface area contributed by atoms with E-state index in [-0.39, 0.29) is 6.04 Å². The van der Waals surface area contributed by atoms with Crippen LogP contribution in [0.15, 0.2) is 47.8 Å². The van der Waals surface area contributed by atoms with Crippen LogP contribution in [0.1, 0.15) is 11.3 Å². The van der Waals surface area contributed by atoms with Crippen molar-refractivity contribution >= 4 is 11.8 Å². The molecular weight excluding hydrogens is 270 g/mol. The Morgan fingerprint density at radius 1 is 1.25 bits per heavy atom. The first-order valence-electron chi connectivity index (χ1n) is 6.55. The molecule has 20 heavy (non-hydrogen) atoms. The fraction of sp³-hybridized carbons (Fsp3) is 0.333. The lowest BCUT2D eigenvalue weighted by Crippen LogP contribution is -2.38. The van der Waals surface area contributed by atoms with Crippen LogP contribution >= 0.6 is 11.8 Å². The monoisotopic (exact) mass is 289 g/mol. The van der Waals surface area contributed by atoms with Gasteiger partial charge in [0.05, 0.1) is 6.10 Å². The van der Waals surface area contributed by atoms with E-state index >= 15 is 0 Å². The van der Waals surface area contributed by atoms with Crippen LogP contribution in [0.3, 0.4) is 0 Å². The van der Waals surface area contributed by atoms with Gasteiger partial charge in [0.25, 0.3) is 0 Å². The van der Waals surface area contributed by atoms with Crippen molar-refractivity contribution in [2.75, 3.05) is 5.75 Å². The molecule has 4 nitrogen and oxygen atoms in total. The van der Waals surface area contributed by atoms with Gasteiger partial charge in [-0.1, -0.05) is 42.1 Å². The lowest BCUT2D eigenvalue weighted by molar-refractivity contribution is 0.167. The number of thioether (sulfide) groups is 1. The van der Waals surface area contributed by atoms with Gasteiger partial charge in [0.1, 0.15) is 0 Å². The van der Waals surface area contributed by atoms with E-state index in [2.05, 4.69) is 9.97 Å². The van der Waals surface area contributed by atoms with Gasteiger partial charge >= 0.3 is 0 Å². The zero-order chi connectivity index (χ0) is 14.4. The number of aromatic nitrogens is 2. The van der Waals surface area contributed by atoms with Gasteiger partial charge in [-0.2, -0.15) is 0 Å². The van der Waals surface area contributed by atoms with Gasteiger partial charge in [-0.3, -0.25) is 0 Å². The topological polar surface area (TPSA) is 72.0 Å². The van der Waals surface area contributed by atoms with Crippen molar-refractivity contribution in [3.8, 4) is 0 Å². The van der Waals surface area contributed by atoms with Gasteiger partial charge in [0.15, 0.2) is 5.16 Å². The van der Waals surface area contributed by atoms with Crippen molar-refractivity contribution in [2.45, 2.75) is 30.6 Å². The maximum atomic E-state index is 10.1. The molecule has 0 amide bonds. The molecule has 0 saturated carbocycles. The summed E-state index contributed by atoms with van der Waals surface area (Å²) in [6.45, 7) is 1.92. The molecule has 2 atom stereocenters. The minimum Gasteiger partial charge on any atom is -0.391 e. The van der Waals surface area contributed by atoms with Crippen molar-refractivity contribution in [1.82, 2.24) is 9.97 Å². The maximum Gasteiger partial charge on any atom is 0.187 e. The molecule has 2 aromatic rings. The van der Waals surface area contributed by atoms with Crippen molar-refractivity contribution in [3.63, 3.8) is 0 Å². The number of hydrogen-bond acceptors (Lipinski definition) is 5. The molecular formula is C15H19N3OS. The van der Waals surface area contributed by atoms with E-state index in [1.165, 1.54) is 11.8 Å². The molecule has 0 bridgehead atoms. The van der Waals surface area contributed by atoms with Crippen molar-refractivity contribution in [1.29, 1.82) is 0 Å². The summed E-state index contributed by atoms with van der Waals surface area (Å²) in [7, 11) is 0. The second-order valence-corrected chi connectivity index (χ2v) is 5.70. The largest absolute Gasteiger partial charge is 0.391 e. The third-order valence-corrected chi connectivity index (χ3v) is 3.93. The molecule has 0 fully saturated rings. The number of aliphatic hydroxyl groups is 1. The molecule has 0 aliphatic carbocycles. The van der Waals surface area contributed by atoms with E-state index < -0.39 is 6.10 Å². The van der Waals surface area contributed by atoms with Crippen LogP contribution < -0.4 is 5.73 Å². The fourth-order valence-corrected chi connectivity index (χ4v) is 2.71. The van der Waals surface area contributed by atoms with Crippen LogP contribution in [0.4, 0.5) is 0 Å². The Kier molecular flexibility index (Phi) is 5.52. The molecule has 3 N–H and O–H groups in total. The van der Waals surface area contributed by atoms with Crippen LogP contribution in [-0.2, 0) is 6.42 Å². The summed E-state index contributed by atoms with van der Waals surface area (Å²) in [5.74, 6) is 0.497. The Morgan fingerprint density at radius 2 is 2.00 bits per heavy atom. The minimum absolute atomic E-state index is 0.283. The van der Waals surface area contributed by atoms with E-state index in [4.69, 9.17) is 5.73 Å². The molecule has 0 radical (unpaired) electrons. The third kappa shape index (κ3) is 4.59. The van der Waals surface area contributed by atoms with Gasteiger partial charge < -0.3 is 10.8 Å². The van der Waals surface area contributed by atoms with Gasteiger partial charge in [0.2, 0.25) is 0 Å². The summed E-state index contributed by atoms with van der Waals surface area (Å²) in [5, 5.41) is 10.8. The number of nitrogens with zero attached hydrogens (tertiary/aromatic N) is 2. The SMILES string of the molecule is Cc1ccnc(SCC(O)C(N)Cc2ccccc2)n1. The van der Waals surface area contributed by atoms with Gasteiger partial charge in [-0.25, -0.2) is 9.97 Å². The molecule has 106 valence electrons. The summed E-state index contributed by atoms with van der Waals surface area (Å²) in [6, 6.07) is 11.5. The highest BCUT2D eigenvalue weighted by molar-refractivity contribution is 7.99. The molecule has 0 aliphatic rings. The molecule has 1 heterocycles. The van der Waals surface area contributed by atoms with Crippen LogP contribution in [0, 0.1) is 6.92 Å². The van der Waals surface area contributed by atoms with E-state index in [1.807, 2.05) is 43.3 Å². The van der Waals surface area contributed by atoms with Gasteiger partial charge in [-0.05, 0) is 25.0 Å². The molecule has 1 aromatic heterocycles. The highest BCUT2D eigenvalue weighted by Crippen LogP contribution is 2.15. The van der Waals surface area contributed by atoms with Crippen LogP contribution in [0.2, 0.25) is 0 Å². The summed E-state index contributed by atoms with van der Waals surface area (Å²) in [4.78, 5) is 8.44. The average molecular weight is 289 g/mol. The standard InChI is InChI=1S/C15H19N3OS/c1-11-7-8-17-15(18-11)20-10-14(19)13(16)9-12-5-3-2-4-6-12/h2-8,13-14,19H,9-10,16H2,1H3. The minimum atomic E-state index is -0.579. The number of rotatable bonds is 6. The molecule has 1 aromatic carbocycles. The number of aliphatic hydroxyl groups excluding tert-OH is 1. The molecule has 0 aliphatic heterocycles. The lowest BCUT2D eigenvalue weighted by atomic mass is 10.0. The molecule has 2 unspecified atom stereocenters. The smallest absolute Gasteiger partial charge is 0.187 e. The quantitative estimate of drug-likeness (QED) is 0.627. The van der Waals surface area contributed by atoms with E-state index in [9.17, 15) is 5.11 Å². The Balaban J connectivity index is 1.83. The zero-order valence-corrected chi connectivity index (χ0v) is 12.3. The van der Waals surface area contributed by atoms with Gasteiger partial charge in [-0.15, -0.1) is 0 Å². The Hall–Kier alpha value is -1.43. The number of hydrogen-bond donors (Lipinski definition) is 2. The third-order valence-electron chi connectivity index (χ3n) is 2.96. The van der Waals surface area contributed by atoms with Crippen LogP contribution in [-0.4, -0.2) is 33.0 Å². The number of aryl methyl sites for hydroxylation is 1. The molecule has 2 rings (SSSR count). The first kappa shape index (κ1) is 15.0. The van der Waals surface area contributed by atoms with Crippen molar-refractivity contribution in [3.05, 3.63) is 53.9 Å². The second-order valence-electron chi connectivity index (χ2n) is 4.71. The van der Waals surface area contributed by atoms with Crippen LogP contribution in [0.25, 0.3) is 0 Å². The summed E-state index contributed by atoms with van der Waals surface area (Å²) < 4.78 is 0. The van der Waals surface area contributed by atoms with Crippen molar-refractivity contribution in [2.24, 2.45) is 5.73 Å². The summed E-state index contributed by atoms with van der Waals surface area (Å²) >= 11 is 1.43. The highest BCUT2D eigenvalue weighted by Gasteiger charge is 2.16. The Bertz CT molecular complexity index is 536. The predicted octanol–water partition coefficient (Wildman–Crippen LogP) is 1.81. The first-order chi connectivity index (χ1) is 9.65. The second kappa shape index (κ2) is 7.38. The Morgan fingerprint density at radius 3 is 2.70 bits per heavy atom. The van der Waals surface area contributed by atoms with E-state index in [0.717, 1.165) is 11.3 Å². The van der Waals surface area contributed by atoms with Crippen molar-refractivity contribution < 1.29 is 5.11 Å². The average Bonchev–Trinajstić information content (AvgIpc) is 2.46.